The van der Waals surface area contributed by atoms with Gasteiger partial charge < -0.3 is 9.80 Å². The van der Waals surface area contributed by atoms with Gasteiger partial charge in [0, 0.05) is 39.3 Å². The van der Waals surface area contributed by atoms with Gasteiger partial charge in [0.2, 0.25) is 5.91 Å². The monoisotopic (exact) mass is 309 g/mol. The molecule has 0 bridgehead atoms. The summed E-state index contributed by atoms with van der Waals surface area (Å²) in [4.78, 5) is 18.8. The van der Waals surface area contributed by atoms with Crippen LogP contribution in [-0.4, -0.2) is 74.0 Å². The number of piperazine rings is 1. The molecule has 1 heterocycles. The lowest BCUT2D eigenvalue weighted by molar-refractivity contribution is -0.127. The molecular formula is C18H35N3O. The lowest BCUT2D eigenvalue weighted by Crippen LogP contribution is -2.49. The zero-order valence-electron chi connectivity index (χ0n) is 14.9. The fourth-order valence-electron chi connectivity index (χ4n) is 2.69. The summed E-state index contributed by atoms with van der Waals surface area (Å²) in [5.74, 6) is 0.195. The number of amides is 1. The average molecular weight is 309 g/mol. The quantitative estimate of drug-likeness (QED) is 0.458. The van der Waals surface area contributed by atoms with Crippen molar-refractivity contribution in [1.82, 2.24) is 14.7 Å². The van der Waals surface area contributed by atoms with E-state index in [4.69, 9.17) is 0 Å². The van der Waals surface area contributed by atoms with Crippen molar-refractivity contribution in [3.63, 3.8) is 0 Å². The molecule has 0 N–H and O–H groups in total. The summed E-state index contributed by atoms with van der Waals surface area (Å²) >= 11 is 0. The summed E-state index contributed by atoms with van der Waals surface area (Å²) in [7, 11) is 4.21. The molecule has 1 aliphatic rings. The summed E-state index contributed by atoms with van der Waals surface area (Å²) in [5, 5.41) is 0. The minimum absolute atomic E-state index is 0.195. The molecule has 0 atom stereocenters. The van der Waals surface area contributed by atoms with Gasteiger partial charge in [-0.15, -0.1) is 0 Å². The van der Waals surface area contributed by atoms with E-state index < -0.39 is 0 Å². The Bertz CT molecular complexity index is 320. The van der Waals surface area contributed by atoms with Gasteiger partial charge in [-0.3, -0.25) is 9.69 Å². The van der Waals surface area contributed by atoms with Gasteiger partial charge in [0.05, 0.1) is 0 Å². The topological polar surface area (TPSA) is 26.8 Å². The second kappa shape index (κ2) is 11.7. The molecule has 0 aliphatic carbocycles. The van der Waals surface area contributed by atoms with Crippen LogP contribution in [-0.2, 0) is 4.79 Å². The molecule has 22 heavy (non-hydrogen) atoms. The molecule has 1 amide bonds. The third-order valence-electron chi connectivity index (χ3n) is 4.28. The zero-order valence-corrected chi connectivity index (χ0v) is 14.9. The standard InChI is InChI=1S/C18H35N3O/c1-4-5-6-7-8-9-10-11-18(22)21-16-14-20(15-17-21)13-12-19(2)3/h10-11H,4-9,12-17H2,1-3H3. The predicted molar refractivity (Wildman–Crippen MR) is 94.1 cm³/mol. The normalized spacial score (nSPS) is 16.8. The summed E-state index contributed by atoms with van der Waals surface area (Å²) in [6.45, 7) is 8.17. The van der Waals surface area contributed by atoms with E-state index >= 15 is 0 Å². The molecule has 128 valence electrons. The van der Waals surface area contributed by atoms with Gasteiger partial charge >= 0.3 is 0 Å². The number of carbonyl (C=O) groups is 1. The second-order valence-electron chi connectivity index (χ2n) is 6.58. The number of carbonyl (C=O) groups excluding carboxylic acids is 1. The maximum absolute atomic E-state index is 12.1. The number of rotatable bonds is 10. The van der Waals surface area contributed by atoms with Crippen LogP contribution in [0, 0.1) is 0 Å². The van der Waals surface area contributed by atoms with Gasteiger partial charge in [-0.2, -0.15) is 0 Å². The van der Waals surface area contributed by atoms with E-state index in [1.807, 2.05) is 4.90 Å². The molecule has 1 rings (SSSR count). The van der Waals surface area contributed by atoms with E-state index in [0.29, 0.717) is 0 Å². The summed E-state index contributed by atoms with van der Waals surface area (Å²) in [6, 6.07) is 0. The first-order valence-corrected chi connectivity index (χ1v) is 8.96. The third-order valence-corrected chi connectivity index (χ3v) is 4.28. The molecule has 0 aromatic rings. The van der Waals surface area contributed by atoms with E-state index in [1.54, 1.807) is 6.08 Å². The lowest BCUT2D eigenvalue weighted by atomic mass is 10.1. The van der Waals surface area contributed by atoms with Crippen LogP contribution < -0.4 is 0 Å². The minimum atomic E-state index is 0.195. The number of unbranched alkanes of at least 4 members (excludes halogenated alkanes) is 5. The predicted octanol–water partition coefficient (Wildman–Crippen LogP) is 2.61. The maximum Gasteiger partial charge on any atom is 0.246 e. The highest BCUT2D eigenvalue weighted by molar-refractivity contribution is 5.87. The van der Waals surface area contributed by atoms with Crippen molar-refractivity contribution in [3.8, 4) is 0 Å². The Morgan fingerprint density at radius 3 is 2.36 bits per heavy atom. The van der Waals surface area contributed by atoms with Crippen molar-refractivity contribution in [2.75, 3.05) is 53.4 Å². The fourth-order valence-corrected chi connectivity index (χ4v) is 2.69. The summed E-state index contributed by atoms with van der Waals surface area (Å²) in [6.07, 6.45) is 11.3. The molecule has 0 spiro atoms. The number of hydrogen-bond acceptors (Lipinski definition) is 3. The Morgan fingerprint density at radius 1 is 1.05 bits per heavy atom. The van der Waals surface area contributed by atoms with Crippen LogP contribution in [0.25, 0.3) is 0 Å². The van der Waals surface area contributed by atoms with Gasteiger partial charge in [0.15, 0.2) is 0 Å². The van der Waals surface area contributed by atoms with Gasteiger partial charge in [-0.25, -0.2) is 0 Å². The van der Waals surface area contributed by atoms with E-state index in [2.05, 4.69) is 36.9 Å². The van der Waals surface area contributed by atoms with E-state index in [1.165, 1.54) is 32.1 Å². The highest BCUT2D eigenvalue weighted by atomic mass is 16.2. The Balaban J connectivity index is 2.11. The Morgan fingerprint density at radius 2 is 1.73 bits per heavy atom. The molecule has 0 radical (unpaired) electrons. The molecular weight excluding hydrogens is 274 g/mol. The van der Waals surface area contributed by atoms with Crippen molar-refractivity contribution in [1.29, 1.82) is 0 Å². The van der Waals surface area contributed by atoms with Crippen molar-refractivity contribution < 1.29 is 4.79 Å². The van der Waals surface area contributed by atoms with Crippen molar-refractivity contribution in [2.45, 2.75) is 45.4 Å². The highest BCUT2D eigenvalue weighted by Gasteiger charge is 2.19. The molecule has 1 saturated heterocycles. The molecule has 0 aromatic carbocycles. The molecule has 4 heteroatoms. The second-order valence-corrected chi connectivity index (χ2v) is 6.58. The fraction of sp³-hybridized carbons (Fsp3) is 0.833. The molecule has 0 unspecified atom stereocenters. The minimum Gasteiger partial charge on any atom is -0.337 e. The third kappa shape index (κ3) is 8.54. The number of likely N-dealkylation sites (N-methyl/N-ethyl adjacent to an activating group) is 1. The average Bonchev–Trinajstić information content (AvgIpc) is 2.52. The first-order chi connectivity index (χ1) is 10.6. The maximum atomic E-state index is 12.1. The zero-order chi connectivity index (χ0) is 16.2. The van der Waals surface area contributed by atoms with Gasteiger partial charge in [-0.1, -0.05) is 38.7 Å². The van der Waals surface area contributed by atoms with Gasteiger partial charge in [0.1, 0.15) is 0 Å². The Labute approximate surface area is 137 Å². The Hall–Kier alpha value is -0.870. The SMILES string of the molecule is CCCCCCCC=CC(=O)N1CCN(CCN(C)C)CC1. The molecule has 0 saturated carbocycles. The van der Waals surface area contributed by atoms with E-state index in [-0.39, 0.29) is 5.91 Å². The van der Waals surface area contributed by atoms with Crippen LogP contribution in [0.5, 0.6) is 0 Å². The Kier molecular flexibility index (Phi) is 10.2. The molecule has 0 aromatic heterocycles. The summed E-state index contributed by atoms with van der Waals surface area (Å²) in [5.41, 5.74) is 0. The molecule has 4 nitrogen and oxygen atoms in total. The molecule has 1 fully saturated rings. The van der Waals surface area contributed by atoms with Crippen LogP contribution in [0.15, 0.2) is 12.2 Å². The van der Waals surface area contributed by atoms with E-state index in [0.717, 1.165) is 45.7 Å². The van der Waals surface area contributed by atoms with Crippen LogP contribution in [0.1, 0.15) is 45.4 Å². The number of nitrogens with zero attached hydrogens (tertiary/aromatic N) is 3. The highest BCUT2D eigenvalue weighted by Crippen LogP contribution is 2.06. The summed E-state index contributed by atoms with van der Waals surface area (Å²) < 4.78 is 0. The largest absolute Gasteiger partial charge is 0.337 e. The van der Waals surface area contributed by atoms with Gasteiger partial charge in [-0.05, 0) is 33.0 Å². The first kappa shape index (κ1) is 19.2. The molecule has 1 aliphatic heterocycles. The smallest absolute Gasteiger partial charge is 0.246 e. The van der Waals surface area contributed by atoms with Crippen LogP contribution in [0.4, 0.5) is 0 Å². The van der Waals surface area contributed by atoms with Crippen LogP contribution in [0.3, 0.4) is 0 Å². The van der Waals surface area contributed by atoms with Gasteiger partial charge in [0.25, 0.3) is 0 Å². The van der Waals surface area contributed by atoms with Crippen molar-refractivity contribution >= 4 is 5.91 Å². The first-order valence-electron chi connectivity index (χ1n) is 8.96. The number of hydrogen-bond donors (Lipinski definition) is 0. The van der Waals surface area contributed by atoms with Crippen LogP contribution in [0.2, 0.25) is 0 Å². The lowest BCUT2D eigenvalue weighted by Gasteiger charge is -2.34. The van der Waals surface area contributed by atoms with E-state index in [9.17, 15) is 4.79 Å². The number of allylic oxidation sites excluding steroid dienone is 1. The van der Waals surface area contributed by atoms with Crippen molar-refractivity contribution in [2.24, 2.45) is 0 Å². The van der Waals surface area contributed by atoms with Crippen molar-refractivity contribution in [3.05, 3.63) is 12.2 Å². The van der Waals surface area contributed by atoms with Crippen LogP contribution >= 0.6 is 0 Å².